The molecule has 0 amide bonds. The predicted octanol–water partition coefficient (Wildman–Crippen LogP) is 0.558. The Morgan fingerprint density at radius 3 is 2.62 bits per heavy atom. The van der Waals surface area contributed by atoms with E-state index >= 15 is 0 Å². The van der Waals surface area contributed by atoms with E-state index in [1.807, 2.05) is 4.90 Å². The van der Waals surface area contributed by atoms with Crippen LogP contribution in [0.5, 0.6) is 0 Å². The Kier molecular flexibility index (Phi) is 2.33. The lowest BCUT2D eigenvalue weighted by Gasteiger charge is -2.38. The summed E-state index contributed by atoms with van der Waals surface area (Å²) in [6.45, 7) is 1.90. The molecule has 0 aromatic carbocycles. The summed E-state index contributed by atoms with van der Waals surface area (Å²) >= 11 is 5.65. The molecule has 1 aliphatic rings. The molecule has 1 saturated heterocycles. The van der Waals surface area contributed by atoms with Gasteiger partial charge in [0.15, 0.2) is 0 Å². The SMILES string of the molecule is OCC1CN(c2ncc(Cl)cn2)C1. The summed E-state index contributed by atoms with van der Waals surface area (Å²) in [7, 11) is 0. The van der Waals surface area contributed by atoms with Crippen LogP contribution in [0.3, 0.4) is 0 Å². The molecule has 0 aliphatic carbocycles. The molecule has 1 fully saturated rings. The average molecular weight is 200 g/mol. The van der Waals surface area contributed by atoms with Gasteiger partial charge in [-0.25, -0.2) is 9.97 Å². The maximum Gasteiger partial charge on any atom is 0.225 e. The number of aliphatic hydroxyl groups excluding tert-OH is 1. The van der Waals surface area contributed by atoms with E-state index in [-0.39, 0.29) is 6.61 Å². The third kappa shape index (κ3) is 1.73. The van der Waals surface area contributed by atoms with E-state index < -0.39 is 0 Å². The summed E-state index contributed by atoms with van der Waals surface area (Å²) in [6, 6.07) is 0. The predicted molar refractivity (Wildman–Crippen MR) is 49.8 cm³/mol. The minimum atomic E-state index is 0.240. The van der Waals surface area contributed by atoms with Crippen LogP contribution in [-0.2, 0) is 0 Å². The lowest BCUT2D eigenvalue weighted by Crippen LogP contribution is -2.49. The molecule has 0 saturated carbocycles. The maximum atomic E-state index is 8.81. The standard InChI is InChI=1S/C8H10ClN3O/c9-7-1-10-8(11-2-7)12-3-6(4-12)5-13/h1-2,6,13H,3-5H2. The highest BCUT2D eigenvalue weighted by Crippen LogP contribution is 2.20. The Morgan fingerprint density at radius 1 is 1.46 bits per heavy atom. The number of hydrogen-bond donors (Lipinski definition) is 1. The number of rotatable bonds is 2. The number of anilines is 1. The van der Waals surface area contributed by atoms with Gasteiger partial charge in [-0.2, -0.15) is 0 Å². The van der Waals surface area contributed by atoms with Crippen LogP contribution < -0.4 is 4.90 Å². The molecule has 4 nitrogen and oxygen atoms in total. The zero-order valence-corrected chi connectivity index (χ0v) is 7.78. The van der Waals surface area contributed by atoms with E-state index in [0.29, 0.717) is 16.9 Å². The lowest BCUT2D eigenvalue weighted by atomic mass is 10.0. The fourth-order valence-corrected chi connectivity index (χ4v) is 1.41. The minimum absolute atomic E-state index is 0.240. The van der Waals surface area contributed by atoms with Crippen molar-refractivity contribution in [2.45, 2.75) is 0 Å². The molecular formula is C8H10ClN3O. The van der Waals surface area contributed by atoms with E-state index in [9.17, 15) is 0 Å². The third-order valence-corrected chi connectivity index (χ3v) is 2.30. The van der Waals surface area contributed by atoms with E-state index in [0.717, 1.165) is 13.1 Å². The number of nitrogens with zero attached hydrogens (tertiary/aromatic N) is 3. The van der Waals surface area contributed by atoms with Crippen LogP contribution in [-0.4, -0.2) is 34.8 Å². The smallest absolute Gasteiger partial charge is 0.225 e. The lowest BCUT2D eigenvalue weighted by molar-refractivity contribution is 0.199. The first-order valence-corrected chi connectivity index (χ1v) is 4.50. The highest BCUT2D eigenvalue weighted by molar-refractivity contribution is 6.30. The normalized spacial score (nSPS) is 17.2. The largest absolute Gasteiger partial charge is 0.396 e. The Morgan fingerprint density at radius 2 is 2.08 bits per heavy atom. The quantitative estimate of drug-likeness (QED) is 0.756. The second-order valence-corrected chi connectivity index (χ2v) is 3.59. The van der Waals surface area contributed by atoms with Crippen LogP contribution in [0.15, 0.2) is 12.4 Å². The van der Waals surface area contributed by atoms with E-state index in [2.05, 4.69) is 9.97 Å². The van der Waals surface area contributed by atoms with Gasteiger partial charge in [0.2, 0.25) is 5.95 Å². The van der Waals surface area contributed by atoms with Crippen LogP contribution in [0.2, 0.25) is 5.02 Å². The van der Waals surface area contributed by atoms with Crippen LogP contribution in [0.1, 0.15) is 0 Å². The molecular weight excluding hydrogens is 190 g/mol. The minimum Gasteiger partial charge on any atom is -0.396 e. The number of hydrogen-bond acceptors (Lipinski definition) is 4. The fourth-order valence-electron chi connectivity index (χ4n) is 1.32. The molecule has 0 atom stereocenters. The van der Waals surface area contributed by atoms with Crippen molar-refractivity contribution < 1.29 is 5.11 Å². The second-order valence-electron chi connectivity index (χ2n) is 3.15. The third-order valence-electron chi connectivity index (χ3n) is 2.10. The van der Waals surface area contributed by atoms with Gasteiger partial charge in [-0.3, -0.25) is 0 Å². The summed E-state index contributed by atoms with van der Waals surface area (Å²) in [5.74, 6) is 1.06. The van der Waals surface area contributed by atoms with Gasteiger partial charge in [-0.1, -0.05) is 11.6 Å². The first-order chi connectivity index (χ1) is 6.29. The second kappa shape index (κ2) is 3.47. The van der Waals surface area contributed by atoms with Gasteiger partial charge in [-0.05, 0) is 0 Å². The van der Waals surface area contributed by atoms with Crippen molar-refractivity contribution in [3.8, 4) is 0 Å². The van der Waals surface area contributed by atoms with Crippen LogP contribution >= 0.6 is 11.6 Å². The average Bonchev–Trinajstić information content (AvgIpc) is 2.06. The Labute approximate surface area is 81.2 Å². The van der Waals surface area contributed by atoms with Crippen molar-refractivity contribution in [2.24, 2.45) is 5.92 Å². The molecule has 0 radical (unpaired) electrons. The van der Waals surface area contributed by atoms with Gasteiger partial charge in [0, 0.05) is 25.6 Å². The number of aromatic nitrogens is 2. The molecule has 1 aromatic rings. The molecule has 0 unspecified atom stereocenters. The van der Waals surface area contributed by atoms with Crippen molar-refractivity contribution in [3.63, 3.8) is 0 Å². The van der Waals surface area contributed by atoms with Gasteiger partial charge < -0.3 is 10.0 Å². The van der Waals surface area contributed by atoms with E-state index in [1.54, 1.807) is 12.4 Å². The van der Waals surface area contributed by atoms with Crippen molar-refractivity contribution in [1.29, 1.82) is 0 Å². The monoisotopic (exact) mass is 199 g/mol. The van der Waals surface area contributed by atoms with Crippen molar-refractivity contribution in [2.75, 3.05) is 24.6 Å². The van der Waals surface area contributed by atoms with Crippen molar-refractivity contribution >= 4 is 17.5 Å². The molecule has 70 valence electrons. The van der Waals surface area contributed by atoms with Gasteiger partial charge in [-0.15, -0.1) is 0 Å². The number of halogens is 1. The molecule has 2 rings (SSSR count). The molecule has 1 N–H and O–H groups in total. The molecule has 0 bridgehead atoms. The van der Waals surface area contributed by atoms with Crippen molar-refractivity contribution in [3.05, 3.63) is 17.4 Å². The topological polar surface area (TPSA) is 49.2 Å². The van der Waals surface area contributed by atoms with Crippen LogP contribution in [0.4, 0.5) is 5.95 Å². The van der Waals surface area contributed by atoms with Crippen molar-refractivity contribution in [1.82, 2.24) is 9.97 Å². The molecule has 2 heterocycles. The zero-order valence-electron chi connectivity index (χ0n) is 7.02. The molecule has 1 aromatic heterocycles. The van der Waals surface area contributed by atoms with Crippen LogP contribution in [0, 0.1) is 5.92 Å². The van der Waals surface area contributed by atoms with E-state index in [1.165, 1.54) is 0 Å². The molecule has 1 aliphatic heterocycles. The summed E-state index contributed by atoms with van der Waals surface area (Å²) in [5.41, 5.74) is 0. The fraction of sp³-hybridized carbons (Fsp3) is 0.500. The Hall–Kier alpha value is -0.870. The van der Waals surface area contributed by atoms with Gasteiger partial charge >= 0.3 is 0 Å². The zero-order chi connectivity index (χ0) is 9.26. The summed E-state index contributed by atoms with van der Waals surface area (Å²) in [5, 5.41) is 9.35. The number of aliphatic hydroxyl groups is 1. The summed E-state index contributed by atoms with van der Waals surface area (Å²) in [6.07, 6.45) is 3.16. The van der Waals surface area contributed by atoms with Gasteiger partial charge in [0.05, 0.1) is 17.4 Å². The highest BCUT2D eigenvalue weighted by atomic mass is 35.5. The van der Waals surface area contributed by atoms with Gasteiger partial charge in [0.25, 0.3) is 0 Å². The Bertz CT molecular complexity index is 284. The summed E-state index contributed by atoms with van der Waals surface area (Å²) in [4.78, 5) is 10.2. The van der Waals surface area contributed by atoms with Gasteiger partial charge in [0.1, 0.15) is 0 Å². The first kappa shape index (κ1) is 8.72. The first-order valence-electron chi connectivity index (χ1n) is 4.13. The van der Waals surface area contributed by atoms with Crippen LogP contribution in [0.25, 0.3) is 0 Å². The summed E-state index contributed by atoms with van der Waals surface area (Å²) < 4.78 is 0. The highest BCUT2D eigenvalue weighted by Gasteiger charge is 2.27. The maximum absolute atomic E-state index is 8.81. The Balaban J connectivity index is 1.99. The molecule has 5 heteroatoms. The van der Waals surface area contributed by atoms with E-state index in [4.69, 9.17) is 16.7 Å². The molecule has 0 spiro atoms. The molecule has 13 heavy (non-hydrogen) atoms.